The second-order valence-corrected chi connectivity index (χ2v) is 22.0. The number of benzene rings is 2. The second kappa shape index (κ2) is 17.7. The van der Waals surface area contributed by atoms with Gasteiger partial charge in [-0.05, 0) is 103 Å². The van der Waals surface area contributed by atoms with E-state index in [-0.39, 0.29) is 43.2 Å². The van der Waals surface area contributed by atoms with E-state index in [0.29, 0.717) is 43.6 Å². The number of nitrogens with zero attached hydrogens (tertiary/aromatic N) is 4. The molecular formula is C48H58N6O8S2. The Morgan fingerprint density at radius 2 is 1.70 bits per heavy atom. The maximum Gasteiger partial charge on any atom is 0.408 e. The van der Waals surface area contributed by atoms with Gasteiger partial charge in [-0.2, -0.15) is 4.98 Å². The van der Waals surface area contributed by atoms with Crippen molar-refractivity contribution in [3.8, 4) is 27.8 Å². The van der Waals surface area contributed by atoms with Gasteiger partial charge >= 0.3 is 6.09 Å². The highest BCUT2D eigenvalue weighted by Gasteiger charge is 2.62. The van der Waals surface area contributed by atoms with Crippen molar-refractivity contribution in [1.29, 1.82) is 0 Å². The van der Waals surface area contributed by atoms with Crippen LogP contribution in [0.1, 0.15) is 117 Å². The summed E-state index contributed by atoms with van der Waals surface area (Å²) >= 11 is 1.53. The fourth-order valence-electron chi connectivity index (χ4n) is 9.76. The van der Waals surface area contributed by atoms with Crippen LogP contribution in [0.3, 0.4) is 0 Å². The van der Waals surface area contributed by atoms with Crippen LogP contribution >= 0.6 is 11.3 Å². The zero-order valence-corrected chi connectivity index (χ0v) is 38.4. The van der Waals surface area contributed by atoms with Crippen molar-refractivity contribution in [2.45, 2.75) is 146 Å². The van der Waals surface area contributed by atoms with E-state index >= 15 is 0 Å². The predicted molar refractivity (Wildman–Crippen MR) is 244 cm³/mol. The number of ketones is 1. The molecule has 14 nitrogen and oxygen atoms in total. The van der Waals surface area contributed by atoms with Crippen LogP contribution in [0.15, 0.2) is 66.1 Å². The molecule has 1 saturated heterocycles. The lowest BCUT2D eigenvalue weighted by atomic mass is 9.91. The number of allylic oxidation sites excluding steroid dienone is 2. The van der Waals surface area contributed by atoms with Gasteiger partial charge in [0.05, 0.1) is 34.0 Å². The highest BCUT2D eigenvalue weighted by molar-refractivity contribution is 7.91. The first-order valence-electron chi connectivity index (χ1n) is 23.0. The average Bonchev–Trinajstić information content (AvgIpc) is 3.75. The standard InChI is InChI=1S/C48H58N6O8S2/c1-30(2)54-38-22-14-20-35(42-49-37(29-63-42)31-15-8-7-9-16-31)41(38)51-45(54)61-34-25-39-40(55)27-48(44(57)52-64(59,60)47(3)23-24-47)26-32(48)17-10-5-4-6-11-21-36(43(56)53(39)28-34)50-46(58)62-33-18-12-13-19-33/h7-10,14-17,20,22,29-30,32-34,36,39H,4-6,11-13,18-19,21,23-28H2,1-3H3,(H,50,58)(H,52,57)/b17-10-/t32-,34+,36-,39-,48+/m0/s1. The maximum atomic E-state index is 14.9. The molecule has 5 atom stereocenters. The number of Topliss-reactive ketones (excluding diaryl/α,β-unsaturated/α-hetero) is 1. The topological polar surface area (TPSA) is 179 Å². The Hall–Kier alpha value is -5.09. The Labute approximate surface area is 378 Å². The highest BCUT2D eigenvalue weighted by atomic mass is 32.2. The highest BCUT2D eigenvalue weighted by Crippen LogP contribution is 2.57. The van der Waals surface area contributed by atoms with E-state index in [0.717, 1.165) is 72.3 Å². The summed E-state index contributed by atoms with van der Waals surface area (Å²) in [6, 6.07) is 14.2. The van der Waals surface area contributed by atoms with Gasteiger partial charge in [-0.25, -0.2) is 18.2 Å². The third kappa shape index (κ3) is 8.83. The molecule has 5 aliphatic rings. The van der Waals surface area contributed by atoms with E-state index in [1.54, 1.807) is 6.92 Å². The van der Waals surface area contributed by atoms with E-state index in [1.165, 1.54) is 16.2 Å². The fourth-order valence-corrected chi connectivity index (χ4v) is 11.9. The van der Waals surface area contributed by atoms with Gasteiger partial charge in [-0.3, -0.25) is 23.7 Å². The monoisotopic (exact) mass is 910 g/mol. The number of fused-ring (bicyclic) bond motifs is 3. The number of sulfonamides is 1. The number of imidazole rings is 1. The number of para-hydroxylation sites is 1. The quantitative estimate of drug-likeness (QED) is 0.147. The first-order chi connectivity index (χ1) is 30.7. The van der Waals surface area contributed by atoms with Gasteiger partial charge in [0.2, 0.25) is 21.8 Å². The Bertz CT molecular complexity index is 2560. The maximum absolute atomic E-state index is 14.9. The van der Waals surface area contributed by atoms with Gasteiger partial charge in [0.15, 0.2) is 5.78 Å². The van der Waals surface area contributed by atoms with Crippen LogP contribution < -0.4 is 14.8 Å². The van der Waals surface area contributed by atoms with Crippen LogP contribution in [-0.4, -0.2) is 87.1 Å². The summed E-state index contributed by atoms with van der Waals surface area (Å²) in [4.78, 5) is 68.7. The van der Waals surface area contributed by atoms with Crippen LogP contribution in [-0.2, 0) is 29.1 Å². The van der Waals surface area contributed by atoms with E-state index in [1.807, 2.05) is 84.5 Å². The lowest BCUT2D eigenvalue weighted by molar-refractivity contribution is -0.140. The molecule has 64 heavy (non-hydrogen) atoms. The van der Waals surface area contributed by atoms with E-state index in [2.05, 4.69) is 10.0 Å². The van der Waals surface area contributed by atoms with Gasteiger partial charge < -0.3 is 19.7 Å². The zero-order valence-electron chi connectivity index (χ0n) is 36.8. The molecule has 0 radical (unpaired) electrons. The first kappa shape index (κ1) is 44.1. The number of aromatic nitrogens is 3. The van der Waals surface area contributed by atoms with Crippen LogP contribution in [0, 0.1) is 11.3 Å². The molecule has 340 valence electrons. The summed E-state index contributed by atoms with van der Waals surface area (Å²) < 4.78 is 42.6. The van der Waals surface area contributed by atoms with Crippen LogP contribution in [0.25, 0.3) is 32.9 Å². The molecule has 3 aliphatic carbocycles. The summed E-state index contributed by atoms with van der Waals surface area (Å²) in [6.07, 6.45) is 10.4. The largest absolute Gasteiger partial charge is 0.459 e. The van der Waals surface area contributed by atoms with Crippen molar-refractivity contribution in [2.24, 2.45) is 11.3 Å². The number of alkyl carbamates (subject to hydrolysis) is 1. The number of amides is 3. The van der Waals surface area contributed by atoms with Crippen molar-refractivity contribution in [3.05, 3.63) is 66.1 Å². The molecule has 3 saturated carbocycles. The number of ether oxygens (including phenoxy) is 2. The second-order valence-electron chi connectivity index (χ2n) is 19.0. The van der Waals surface area contributed by atoms with Crippen molar-refractivity contribution in [3.63, 3.8) is 0 Å². The number of nitrogens with one attached hydrogen (secondary N) is 2. The smallest absolute Gasteiger partial charge is 0.408 e. The average molecular weight is 911 g/mol. The summed E-state index contributed by atoms with van der Waals surface area (Å²) in [7, 11) is -3.97. The minimum atomic E-state index is -3.97. The molecular weight excluding hydrogens is 853 g/mol. The number of thiazole rings is 1. The molecule has 0 spiro atoms. The van der Waals surface area contributed by atoms with Crippen molar-refractivity contribution >= 4 is 56.1 Å². The van der Waals surface area contributed by atoms with Crippen LogP contribution in [0.2, 0.25) is 0 Å². The molecule has 16 heteroatoms. The molecule has 2 N–H and O–H groups in total. The first-order valence-corrected chi connectivity index (χ1v) is 25.3. The SMILES string of the molecule is CC(C)n1c(O[C@@H]2C[C@H]3C(=O)C[C@]4(C(=O)NS(=O)(=O)C5(C)CC5)C[C@@H]4/C=C\CCCCC[C@H](NC(=O)OC4CCCC4)C(=O)N3C2)nc2c(-c3nc(-c4ccccc4)cs3)cccc21. The normalized spacial score (nSPS) is 26.7. The summed E-state index contributed by atoms with van der Waals surface area (Å²) in [5, 5.41) is 5.71. The van der Waals surface area contributed by atoms with Crippen molar-refractivity contribution in [1.82, 2.24) is 29.5 Å². The van der Waals surface area contributed by atoms with Gasteiger partial charge in [0, 0.05) is 35.4 Å². The van der Waals surface area contributed by atoms with E-state index in [4.69, 9.17) is 19.4 Å². The number of rotatable bonds is 10. The molecule has 2 aromatic carbocycles. The van der Waals surface area contributed by atoms with Gasteiger partial charge in [0.25, 0.3) is 6.01 Å². The predicted octanol–water partition coefficient (Wildman–Crippen LogP) is 8.28. The molecule has 2 aliphatic heterocycles. The lowest BCUT2D eigenvalue weighted by Crippen LogP contribution is -2.52. The molecule has 4 aromatic rings. The van der Waals surface area contributed by atoms with Crippen LogP contribution in [0.4, 0.5) is 4.79 Å². The van der Waals surface area contributed by atoms with Gasteiger partial charge in [-0.15, -0.1) is 11.3 Å². The minimum absolute atomic E-state index is 0.0292. The fraction of sp³-hybridized carbons (Fsp3) is 0.542. The van der Waals surface area contributed by atoms with E-state index in [9.17, 15) is 27.6 Å². The van der Waals surface area contributed by atoms with Crippen molar-refractivity contribution in [2.75, 3.05) is 6.54 Å². The minimum Gasteiger partial charge on any atom is -0.459 e. The summed E-state index contributed by atoms with van der Waals surface area (Å²) in [5.74, 6) is -1.79. The Kier molecular flexibility index (Phi) is 12.2. The Morgan fingerprint density at radius 3 is 2.45 bits per heavy atom. The van der Waals surface area contributed by atoms with Gasteiger partial charge in [0.1, 0.15) is 28.8 Å². The molecule has 0 bridgehead atoms. The number of hydrogen-bond donors (Lipinski definition) is 2. The Balaban J connectivity index is 1.03. The summed E-state index contributed by atoms with van der Waals surface area (Å²) in [6.45, 7) is 5.73. The third-order valence-corrected chi connectivity index (χ3v) is 17.0. The molecule has 0 unspecified atom stereocenters. The lowest BCUT2D eigenvalue weighted by Gasteiger charge is -2.29. The number of carbonyl (C=O) groups is 4. The zero-order chi connectivity index (χ0) is 44.8. The third-order valence-electron chi connectivity index (χ3n) is 14.0. The molecule has 9 rings (SSSR count). The Morgan fingerprint density at radius 1 is 0.938 bits per heavy atom. The van der Waals surface area contributed by atoms with Gasteiger partial charge in [-0.1, -0.05) is 61.4 Å². The van der Waals surface area contributed by atoms with E-state index < -0.39 is 56.3 Å². The molecule has 4 heterocycles. The summed E-state index contributed by atoms with van der Waals surface area (Å²) in [5.41, 5.74) is 3.02. The molecule has 3 amide bonds. The van der Waals surface area contributed by atoms with Crippen LogP contribution in [0.5, 0.6) is 6.01 Å². The number of carbonyl (C=O) groups excluding carboxylic acids is 4. The molecule has 2 aromatic heterocycles. The molecule has 4 fully saturated rings. The van der Waals surface area contributed by atoms with Crippen molar-refractivity contribution < 1.29 is 37.1 Å². The number of hydrogen-bond acceptors (Lipinski definition) is 11.